The van der Waals surface area contributed by atoms with Crippen molar-refractivity contribution in [2.75, 3.05) is 20.1 Å². The normalized spacial score (nSPS) is 29.1. The second kappa shape index (κ2) is 7.61. The summed E-state index contributed by atoms with van der Waals surface area (Å²) in [6.45, 7) is 4.12. The largest absolute Gasteiger partial charge is 0.480 e. The number of hydrogen-bond donors (Lipinski definition) is 2. The lowest BCUT2D eigenvalue weighted by atomic mass is 9.83. The highest BCUT2D eigenvalue weighted by molar-refractivity contribution is 6.36. The molecular weight excluding hydrogens is 294 g/mol. The summed E-state index contributed by atoms with van der Waals surface area (Å²) in [6, 6.07) is 0. The molecule has 1 aliphatic heterocycles. The van der Waals surface area contributed by atoms with Crippen molar-refractivity contribution in [2.24, 2.45) is 5.92 Å². The molecule has 0 aromatic rings. The highest BCUT2D eigenvalue weighted by Gasteiger charge is 2.44. The van der Waals surface area contributed by atoms with Gasteiger partial charge in [0.2, 0.25) is 0 Å². The lowest BCUT2D eigenvalue weighted by Crippen LogP contribution is -2.40. The second-order valence-electron chi connectivity index (χ2n) is 5.45. The fourth-order valence-corrected chi connectivity index (χ4v) is 2.56. The third kappa shape index (κ3) is 4.58. The Bertz CT molecular complexity index is 455. The molecule has 0 spiro atoms. The lowest BCUT2D eigenvalue weighted by Gasteiger charge is -2.28. The van der Waals surface area contributed by atoms with Crippen LogP contribution in [-0.4, -0.2) is 52.1 Å². The van der Waals surface area contributed by atoms with Crippen LogP contribution in [0.1, 0.15) is 26.2 Å². The average molecular weight is 316 g/mol. The molecule has 0 saturated carbocycles. The highest BCUT2D eigenvalue weighted by Crippen LogP contribution is 2.35. The number of piperidine rings is 1. The number of carboxylic acid groups (broad SMARTS) is 2. The zero-order valence-electron chi connectivity index (χ0n) is 12.4. The van der Waals surface area contributed by atoms with Gasteiger partial charge in [0.15, 0.2) is 4.87 Å². The van der Waals surface area contributed by atoms with E-state index in [0.717, 1.165) is 0 Å². The summed E-state index contributed by atoms with van der Waals surface area (Å²) in [6.07, 6.45) is 8.27. The summed E-state index contributed by atoms with van der Waals surface area (Å²) in [5.74, 6) is -3.15. The Balaban J connectivity index is 0.000000262. The fourth-order valence-electron chi connectivity index (χ4n) is 2.37. The van der Waals surface area contributed by atoms with Crippen LogP contribution >= 0.6 is 11.6 Å². The van der Waals surface area contributed by atoms with Gasteiger partial charge in [-0.25, -0.2) is 9.59 Å². The quantitative estimate of drug-likeness (QED) is 0.765. The van der Waals surface area contributed by atoms with Crippen molar-refractivity contribution in [3.8, 4) is 0 Å². The molecule has 0 radical (unpaired) electrons. The van der Waals surface area contributed by atoms with Crippen molar-refractivity contribution in [1.82, 2.24) is 4.90 Å². The van der Waals surface area contributed by atoms with Gasteiger partial charge in [0.05, 0.1) is 0 Å². The van der Waals surface area contributed by atoms with Gasteiger partial charge in [0, 0.05) is 11.5 Å². The van der Waals surface area contributed by atoms with Crippen molar-refractivity contribution in [3.63, 3.8) is 0 Å². The zero-order valence-corrected chi connectivity index (χ0v) is 13.1. The number of hydrogen-bond acceptors (Lipinski definition) is 3. The van der Waals surface area contributed by atoms with Gasteiger partial charge in [-0.15, -0.1) is 11.6 Å². The number of likely N-dealkylation sites (tertiary alicyclic amines) is 1. The van der Waals surface area contributed by atoms with Crippen molar-refractivity contribution >= 4 is 23.5 Å². The van der Waals surface area contributed by atoms with E-state index in [4.69, 9.17) is 21.8 Å². The number of nitrogens with zero attached hydrogens (tertiary/aromatic N) is 1. The first kappa shape index (κ1) is 17.7. The van der Waals surface area contributed by atoms with Crippen LogP contribution in [0.4, 0.5) is 0 Å². The van der Waals surface area contributed by atoms with Crippen molar-refractivity contribution in [2.45, 2.75) is 31.1 Å². The monoisotopic (exact) mass is 315 g/mol. The summed E-state index contributed by atoms with van der Waals surface area (Å²) in [5, 5.41) is 17.6. The standard InChI is InChI=1S/C9H9ClO4.C6H13N/c1-5-6(7(11)12)3-2-4-9(5,10)8(13)14;1-7-5-3-2-4-6-7/h2-5H,1H3,(H,11,12)(H,13,14);2-6H2,1H3. The van der Waals surface area contributed by atoms with Crippen LogP contribution in [0.25, 0.3) is 0 Å². The topological polar surface area (TPSA) is 77.8 Å². The number of carbonyl (C=O) groups is 2. The maximum absolute atomic E-state index is 10.9. The minimum absolute atomic E-state index is 0.00454. The Morgan fingerprint density at radius 1 is 1.29 bits per heavy atom. The van der Waals surface area contributed by atoms with E-state index < -0.39 is 22.7 Å². The van der Waals surface area contributed by atoms with Gasteiger partial charge >= 0.3 is 11.9 Å². The fraction of sp³-hybridized carbons (Fsp3) is 0.600. The molecule has 2 atom stereocenters. The molecule has 5 nitrogen and oxygen atoms in total. The first-order valence-electron chi connectivity index (χ1n) is 7.02. The van der Waals surface area contributed by atoms with Crippen LogP contribution in [0.5, 0.6) is 0 Å². The molecule has 2 N–H and O–H groups in total. The number of allylic oxidation sites excluding steroid dienone is 2. The van der Waals surface area contributed by atoms with Crippen LogP contribution in [0.2, 0.25) is 0 Å². The summed E-state index contributed by atoms with van der Waals surface area (Å²) in [7, 11) is 2.19. The minimum atomic E-state index is -1.65. The number of halogens is 1. The highest BCUT2D eigenvalue weighted by atomic mass is 35.5. The Kier molecular flexibility index (Phi) is 6.42. The number of rotatable bonds is 2. The summed E-state index contributed by atoms with van der Waals surface area (Å²) < 4.78 is 0. The number of carboxylic acids is 2. The number of aliphatic carboxylic acids is 2. The molecule has 0 aromatic carbocycles. The SMILES string of the molecule is CC1C(C(=O)O)=CC=CC1(Cl)C(=O)O.CN1CCCCC1. The lowest BCUT2D eigenvalue weighted by molar-refractivity contribution is -0.140. The smallest absolute Gasteiger partial charge is 0.331 e. The van der Waals surface area contributed by atoms with Crippen LogP contribution in [0, 0.1) is 5.92 Å². The van der Waals surface area contributed by atoms with E-state index in [1.807, 2.05) is 0 Å². The molecule has 2 rings (SSSR count). The third-order valence-electron chi connectivity index (χ3n) is 3.87. The van der Waals surface area contributed by atoms with Crippen molar-refractivity contribution in [1.29, 1.82) is 0 Å². The van der Waals surface area contributed by atoms with E-state index in [0.29, 0.717) is 0 Å². The van der Waals surface area contributed by atoms with E-state index in [1.165, 1.54) is 57.5 Å². The van der Waals surface area contributed by atoms with Gasteiger partial charge < -0.3 is 15.1 Å². The molecule has 6 heteroatoms. The third-order valence-corrected chi connectivity index (χ3v) is 4.48. The first-order valence-corrected chi connectivity index (χ1v) is 7.40. The van der Waals surface area contributed by atoms with Crippen LogP contribution in [0.15, 0.2) is 23.8 Å². The molecule has 0 amide bonds. The average Bonchev–Trinajstić information content (AvgIpc) is 2.43. The van der Waals surface area contributed by atoms with Crippen LogP contribution in [-0.2, 0) is 9.59 Å². The van der Waals surface area contributed by atoms with E-state index in [1.54, 1.807) is 0 Å². The predicted molar refractivity (Wildman–Crippen MR) is 81.6 cm³/mol. The molecule has 2 unspecified atom stereocenters. The van der Waals surface area contributed by atoms with Gasteiger partial charge in [-0.05, 0) is 33.0 Å². The Hall–Kier alpha value is -1.33. The molecule has 2 aliphatic rings. The van der Waals surface area contributed by atoms with Gasteiger partial charge in [-0.1, -0.05) is 31.6 Å². The molecule has 1 aliphatic carbocycles. The first-order chi connectivity index (χ1) is 9.79. The summed E-state index contributed by atoms with van der Waals surface area (Å²) in [5.41, 5.74) is 0.00454. The van der Waals surface area contributed by atoms with Gasteiger partial charge in [-0.3, -0.25) is 0 Å². The van der Waals surface area contributed by atoms with Crippen molar-refractivity contribution in [3.05, 3.63) is 23.8 Å². The van der Waals surface area contributed by atoms with E-state index in [2.05, 4.69) is 11.9 Å². The van der Waals surface area contributed by atoms with E-state index >= 15 is 0 Å². The molecule has 1 fully saturated rings. The predicted octanol–water partition coefficient (Wildman–Crippen LogP) is 2.37. The van der Waals surface area contributed by atoms with Gasteiger partial charge in [0.1, 0.15) is 0 Å². The molecule has 0 bridgehead atoms. The molecule has 1 saturated heterocycles. The summed E-state index contributed by atoms with van der Waals surface area (Å²) in [4.78, 5) is 22.3. The van der Waals surface area contributed by atoms with E-state index in [9.17, 15) is 9.59 Å². The van der Waals surface area contributed by atoms with Crippen LogP contribution < -0.4 is 0 Å². The number of alkyl halides is 1. The van der Waals surface area contributed by atoms with E-state index in [-0.39, 0.29) is 5.57 Å². The second-order valence-corrected chi connectivity index (χ2v) is 6.07. The van der Waals surface area contributed by atoms with Crippen molar-refractivity contribution < 1.29 is 19.8 Å². The van der Waals surface area contributed by atoms with Gasteiger partial charge in [0.25, 0.3) is 0 Å². The molecule has 1 heterocycles. The Morgan fingerprint density at radius 3 is 2.24 bits per heavy atom. The Morgan fingerprint density at radius 2 is 1.86 bits per heavy atom. The molecule has 21 heavy (non-hydrogen) atoms. The molecule has 0 aromatic heterocycles. The zero-order chi connectivity index (χ0) is 16.0. The summed E-state index contributed by atoms with van der Waals surface area (Å²) >= 11 is 5.81. The molecular formula is C15H22ClNO4. The van der Waals surface area contributed by atoms with Gasteiger partial charge in [-0.2, -0.15) is 0 Å². The Labute approximate surface area is 129 Å². The minimum Gasteiger partial charge on any atom is -0.480 e. The maximum atomic E-state index is 10.9. The van der Waals surface area contributed by atoms with Crippen LogP contribution in [0.3, 0.4) is 0 Å². The maximum Gasteiger partial charge on any atom is 0.331 e. The molecule has 118 valence electrons.